The molecule has 2 aromatic carbocycles. The molecule has 0 bridgehead atoms. The molecule has 0 aliphatic rings. The molecule has 2 rings (SSSR count). The van der Waals surface area contributed by atoms with Gasteiger partial charge in [0.1, 0.15) is 0 Å². The number of nitrogens with one attached hydrogen (secondary N) is 1. The molecule has 0 aliphatic heterocycles. The van der Waals surface area contributed by atoms with Crippen LogP contribution in [0.1, 0.15) is 15.9 Å². The van der Waals surface area contributed by atoms with Gasteiger partial charge in [-0.2, -0.15) is 13.2 Å². The fraction of sp³-hybridized carbons (Fsp3) is 0.125. The predicted molar refractivity (Wildman–Crippen MR) is 88.5 cm³/mol. The average Bonchev–Trinajstić information content (AvgIpc) is 2.60. The van der Waals surface area contributed by atoms with Crippen molar-refractivity contribution in [1.82, 2.24) is 0 Å². The van der Waals surface area contributed by atoms with Crippen molar-refractivity contribution in [2.75, 3.05) is 11.9 Å². The Labute approximate surface area is 154 Å². The second-order valence-corrected chi connectivity index (χ2v) is 5.55. The lowest BCUT2D eigenvalue weighted by atomic mass is 10.1. The van der Waals surface area contributed by atoms with Crippen LogP contribution in [0.3, 0.4) is 0 Å². The number of benzene rings is 2. The molecule has 142 valence electrons. The van der Waals surface area contributed by atoms with E-state index in [0.717, 1.165) is 36.4 Å². The van der Waals surface area contributed by atoms with Crippen molar-refractivity contribution >= 4 is 34.9 Å². The van der Waals surface area contributed by atoms with Gasteiger partial charge in [0.15, 0.2) is 6.61 Å². The van der Waals surface area contributed by atoms with Gasteiger partial charge in [0, 0.05) is 17.2 Å². The second kappa shape index (κ2) is 8.04. The highest BCUT2D eigenvalue weighted by molar-refractivity contribution is 6.30. The lowest BCUT2D eigenvalue weighted by Gasteiger charge is -2.14. The van der Waals surface area contributed by atoms with Crippen molar-refractivity contribution < 1.29 is 32.4 Å². The maximum Gasteiger partial charge on any atom is 0.418 e. The average molecular weight is 403 g/mol. The summed E-state index contributed by atoms with van der Waals surface area (Å²) in [6, 6.07) is 7.18. The number of non-ortho nitro benzene ring substituents is 1. The zero-order valence-corrected chi connectivity index (χ0v) is 14.0. The molecule has 7 nitrogen and oxygen atoms in total. The molecular weight excluding hydrogens is 393 g/mol. The van der Waals surface area contributed by atoms with Crippen LogP contribution in [-0.4, -0.2) is 23.4 Å². The summed E-state index contributed by atoms with van der Waals surface area (Å²) in [6.07, 6.45) is -4.75. The molecule has 2 aromatic rings. The van der Waals surface area contributed by atoms with Crippen molar-refractivity contribution in [3.63, 3.8) is 0 Å². The number of carbonyl (C=O) groups is 2. The van der Waals surface area contributed by atoms with E-state index in [4.69, 9.17) is 11.6 Å². The summed E-state index contributed by atoms with van der Waals surface area (Å²) in [5.74, 6) is -1.97. The third-order valence-electron chi connectivity index (χ3n) is 3.21. The Morgan fingerprint density at radius 2 is 1.78 bits per heavy atom. The number of carbonyl (C=O) groups excluding carboxylic acids is 2. The smallest absolute Gasteiger partial charge is 0.418 e. The number of esters is 1. The normalized spacial score (nSPS) is 11.0. The Hall–Kier alpha value is -3.14. The summed E-state index contributed by atoms with van der Waals surface area (Å²) in [7, 11) is 0. The molecule has 1 N–H and O–H groups in total. The number of amides is 1. The van der Waals surface area contributed by atoms with Gasteiger partial charge in [-0.15, -0.1) is 0 Å². The predicted octanol–water partition coefficient (Wildman–Crippen LogP) is 4.06. The van der Waals surface area contributed by atoms with Crippen LogP contribution < -0.4 is 5.32 Å². The van der Waals surface area contributed by atoms with Crippen molar-refractivity contribution in [3.8, 4) is 0 Å². The van der Waals surface area contributed by atoms with E-state index in [2.05, 4.69) is 4.74 Å². The number of nitrogens with zero attached hydrogens (tertiary/aromatic N) is 1. The first kappa shape index (κ1) is 20.2. The number of nitro benzene ring substituents is 1. The van der Waals surface area contributed by atoms with Crippen molar-refractivity contribution in [1.29, 1.82) is 0 Å². The minimum absolute atomic E-state index is 0.0594. The fourth-order valence-corrected chi connectivity index (χ4v) is 2.15. The zero-order valence-electron chi connectivity index (χ0n) is 13.2. The number of alkyl halides is 3. The van der Waals surface area contributed by atoms with Crippen LogP contribution in [0.5, 0.6) is 0 Å². The Balaban J connectivity index is 2.00. The molecule has 0 saturated carbocycles. The lowest BCUT2D eigenvalue weighted by Crippen LogP contribution is -2.22. The van der Waals surface area contributed by atoms with Crippen molar-refractivity contribution in [2.24, 2.45) is 0 Å². The van der Waals surface area contributed by atoms with Gasteiger partial charge in [-0.1, -0.05) is 11.6 Å². The monoisotopic (exact) mass is 402 g/mol. The quantitative estimate of drug-likeness (QED) is 0.462. The Kier molecular flexibility index (Phi) is 6.01. The summed E-state index contributed by atoms with van der Waals surface area (Å²) >= 11 is 5.54. The van der Waals surface area contributed by atoms with Gasteiger partial charge in [-0.3, -0.25) is 14.9 Å². The molecule has 0 saturated heterocycles. The molecule has 0 heterocycles. The van der Waals surface area contributed by atoms with Crippen LogP contribution in [-0.2, 0) is 15.7 Å². The van der Waals surface area contributed by atoms with Gasteiger partial charge in [0.25, 0.3) is 11.6 Å². The van der Waals surface area contributed by atoms with Crippen molar-refractivity contribution in [2.45, 2.75) is 6.18 Å². The number of anilines is 1. The minimum Gasteiger partial charge on any atom is -0.452 e. The van der Waals surface area contributed by atoms with E-state index in [1.165, 1.54) is 0 Å². The first-order valence-electron chi connectivity index (χ1n) is 7.16. The van der Waals surface area contributed by atoms with Crippen LogP contribution >= 0.6 is 11.6 Å². The highest BCUT2D eigenvalue weighted by Crippen LogP contribution is 2.36. The number of nitro groups is 1. The van der Waals surface area contributed by atoms with Crippen LogP contribution in [0.25, 0.3) is 0 Å². The van der Waals surface area contributed by atoms with Crippen molar-refractivity contribution in [3.05, 3.63) is 68.7 Å². The van der Waals surface area contributed by atoms with E-state index in [9.17, 15) is 32.9 Å². The van der Waals surface area contributed by atoms with Crippen LogP contribution in [0.4, 0.5) is 24.5 Å². The summed E-state index contributed by atoms with van der Waals surface area (Å²) in [6.45, 7) is -0.851. The zero-order chi connectivity index (χ0) is 20.2. The molecule has 0 aromatic heterocycles. The van der Waals surface area contributed by atoms with E-state index in [1.54, 1.807) is 0 Å². The fourth-order valence-electron chi connectivity index (χ4n) is 1.98. The molecule has 0 radical (unpaired) electrons. The number of halogens is 4. The van der Waals surface area contributed by atoms with Gasteiger partial charge >= 0.3 is 12.1 Å². The number of hydrogen-bond donors (Lipinski definition) is 1. The van der Waals surface area contributed by atoms with Gasteiger partial charge in [-0.05, 0) is 30.3 Å². The summed E-state index contributed by atoms with van der Waals surface area (Å²) in [5.41, 5.74) is -1.99. The molecule has 0 fully saturated rings. The van der Waals surface area contributed by atoms with E-state index < -0.39 is 40.8 Å². The first-order chi connectivity index (χ1) is 12.6. The molecule has 1 amide bonds. The van der Waals surface area contributed by atoms with Gasteiger partial charge in [0.05, 0.1) is 21.7 Å². The third-order valence-corrected chi connectivity index (χ3v) is 3.44. The maximum atomic E-state index is 13.0. The maximum absolute atomic E-state index is 13.0. The summed E-state index contributed by atoms with van der Waals surface area (Å²) in [5, 5.41) is 12.4. The second-order valence-electron chi connectivity index (χ2n) is 5.12. The van der Waals surface area contributed by atoms with Crippen LogP contribution in [0.15, 0.2) is 42.5 Å². The van der Waals surface area contributed by atoms with Gasteiger partial charge < -0.3 is 10.1 Å². The number of rotatable bonds is 5. The molecule has 27 heavy (non-hydrogen) atoms. The first-order valence-corrected chi connectivity index (χ1v) is 7.54. The Morgan fingerprint density at radius 1 is 1.15 bits per heavy atom. The lowest BCUT2D eigenvalue weighted by molar-refractivity contribution is -0.384. The highest BCUT2D eigenvalue weighted by Gasteiger charge is 2.34. The molecule has 0 aliphatic carbocycles. The summed E-state index contributed by atoms with van der Waals surface area (Å²) < 4.78 is 43.6. The third kappa shape index (κ3) is 5.42. The largest absolute Gasteiger partial charge is 0.452 e. The Morgan fingerprint density at radius 3 is 2.33 bits per heavy atom. The van der Waals surface area contributed by atoms with E-state index in [1.807, 2.05) is 5.32 Å². The minimum atomic E-state index is -4.75. The van der Waals surface area contributed by atoms with Gasteiger partial charge in [0.2, 0.25) is 0 Å². The molecule has 0 unspecified atom stereocenters. The van der Waals surface area contributed by atoms with Gasteiger partial charge in [-0.25, -0.2) is 4.79 Å². The molecule has 11 heteroatoms. The molecular formula is C16H10ClF3N2O5. The van der Waals surface area contributed by atoms with E-state index in [0.29, 0.717) is 6.07 Å². The molecule has 0 spiro atoms. The van der Waals surface area contributed by atoms with E-state index in [-0.39, 0.29) is 16.3 Å². The SMILES string of the molecule is O=C(COC(=O)c1ccc([N+](=O)[O-])cc1)Nc1ccc(Cl)cc1C(F)(F)F. The Bertz CT molecular complexity index is 885. The van der Waals surface area contributed by atoms with Crippen LogP contribution in [0, 0.1) is 10.1 Å². The van der Waals surface area contributed by atoms with Crippen LogP contribution in [0.2, 0.25) is 5.02 Å². The number of hydrogen-bond acceptors (Lipinski definition) is 5. The standard InChI is InChI=1S/C16H10ClF3N2O5/c17-10-3-6-13(12(7-10)16(18,19)20)21-14(23)8-27-15(24)9-1-4-11(5-2-9)22(25)26/h1-7H,8H2,(H,21,23). The highest BCUT2D eigenvalue weighted by atomic mass is 35.5. The van der Waals surface area contributed by atoms with E-state index >= 15 is 0 Å². The molecule has 0 atom stereocenters. The number of ether oxygens (including phenoxy) is 1. The summed E-state index contributed by atoms with van der Waals surface area (Å²) in [4.78, 5) is 33.4. The topological polar surface area (TPSA) is 98.5 Å².